The van der Waals surface area contributed by atoms with E-state index in [9.17, 15) is 9.50 Å². The molecule has 0 amide bonds. The molecule has 1 heterocycles. The van der Waals surface area contributed by atoms with E-state index in [2.05, 4.69) is 4.98 Å². The van der Waals surface area contributed by atoms with Gasteiger partial charge in [0.2, 0.25) is 0 Å². The third-order valence-corrected chi connectivity index (χ3v) is 3.76. The molecule has 0 aliphatic heterocycles. The third-order valence-electron chi connectivity index (χ3n) is 2.81. The first-order chi connectivity index (χ1) is 9.04. The highest BCUT2D eigenvalue weighted by Crippen LogP contribution is 2.16. The summed E-state index contributed by atoms with van der Waals surface area (Å²) >= 11 is 1.62. The van der Waals surface area contributed by atoms with Gasteiger partial charge < -0.3 is 5.11 Å². The molecule has 1 aromatic carbocycles. The van der Waals surface area contributed by atoms with Gasteiger partial charge in [0.15, 0.2) is 0 Å². The lowest BCUT2D eigenvalue weighted by atomic mass is 10.1. The summed E-state index contributed by atoms with van der Waals surface area (Å²) in [6.45, 7) is 3.16. The van der Waals surface area contributed by atoms with Crippen molar-refractivity contribution < 1.29 is 9.50 Å². The fraction of sp³-hybridized carbons (Fsp3) is 0.357. The smallest absolute Gasteiger partial charge is 0.123 e. The van der Waals surface area contributed by atoms with Crippen LogP contribution in [0.15, 0.2) is 29.6 Å². The summed E-state index contributed by atoms with van der Waals surface area (Å²) in [7, 11) is 1.93. The molecular formula is C14H17FN2OS. The van der Waals surface area contributed by atoms with Crippen LogP contribution < -0.4 is 0 Å². The van der Waals surface area contributed by atoms with E-state index in [1.807, 2.05) is 24.3 Å². The number of aryl methyl sites for hydroxylation is 1. The normalized spacial score (nSPS) is 12.9. The second kappa shape index (κ2) is 6.23. The lowest BCUT2D eigenvalue weighted by Crippen LogP contribution is -2.24. The van der Waals surface area contributed by atoms with Crippen LogP contribution in [0.4, 0.5) is 4.39 Å². The van der Waals surface area contributed by atoms with Gasteiger partial charge in [0.1, 0.15) is 10.8 Å². The van der Waals surface area contributed by atoms with Gasteiger partial charge in [-0.05, 0) is 31.7 Å². The van der Waals surface area contributed by atoms with Crippen molar-refractivity contribution in [2.24, 2.45) is 0 Å². The zero-order valence-electron chi connectivity index (χ0n) is 11.0. The maximum absolute atomic E-state index is 12.8. The molecule has 1 unspecified atom stereocenters. The molecule has 0 saturated carbocycles. The number of aliphatic hydroxyl groups is 1. The van der Waals surface area contributed by atoms with E-state index >= 15 is 0 Å². The van der Waals surface area contributed by atoms with Crippen molar-refractivity contribution in [2.45, 2.75) is 19.6 Å². The predicted octanol–water partition coefficient (Wildman–Crippen LogP) is 2.76. The van der Waals surface area contributed by atoms with Gasteiger partial charge in [-0.1, -0.05) is 12.1 Å². The lowest BCUT2D eigenvalue weighted by Gasteiger charge is -2.19. The molecule has 0 bridgehead atoms. The van der Waals surface area contributed by atoms with Gasteiger partial charge in [0, 0.05) is 17.6 Å². The second-order valence-corrected chi connectivity index (χ2v) is 5.59. The Morgan fingerprint density at radius 3 is 2.63 bits per heavy atom. The number of rotatable bonds is 5. The zero-order valence-corrected chi connectivity index (χ0v) is 11.8. The Bertz CT molecular complexity index is 526. The number of halogens is 1. The fourth-order valence-electron chi connectivity index (χ4n) is 1.86. The van der Waals surface area contributed by atoms with Crippen molar-refractivity contribution in [3.05, 3.63) is 51.7 Å². The van der Waals surface area contributed by atoms with Gasteiger partial charge in [-0.15, -0.1) is 11.3 Å². The molecule has 102 valence electrons. The molecule has 1 atom stereocenters. The average Bonchev–Trinajstić information content (AvgIpc) is 2.75. The first-order valence-corrected chi connectivity index (χ1v) is 6.95. The molecule has 0 aliphatic rings. The molecule has 2 aromatic rings. The molecule has 0 aliphatic carbocycles. The molecule has 0 saturated heterocycles. The summed E-state index contributed by atoms with van der Waals surface area (Å²) in [6, 6.07) is 5.95. The highest BCUT2D eigenvalue weighted by Gasteiger charge is 2.12. The van der Waals surface area contributed by atoms with Crippen molar-refractivity contribution >= 4 is 11.3 Å². The summed E-state index contributed by atoms with van der Waals surface area (Å²) in [6.07, 6.45) is -0.619. The molecule has 0 spiro atoms. The maximum atomic E-state index is 12.8. The minimum absolute atomic E-state index is 0.289. The van der Waals surface area contributed by atoms with Crippen molar-refractivity contribution in [2.75, 3.05) is 13.6 Å². The number of hydrogen-bond acceptors (Lipinski definition) is 4. The Balaban J connectivity index is 1.91. The summed E-state index contributed by atoms with van der Waals surface area (Å²) in [4.78, 5) is 6.39. The number of thiazole rings is 1. The van der Waals surface area contributed by atoms with Crippen LogP contribution in [0.5, 0.6) is 0 Å². The number of hydrogen-bond donors (Lipinski definition) is 1. The van der Waals surface area contributed by atoms with E-state index in [0.717, 1.165) is 16.3 Å². The quantitative estimate of drug-likeness (QED) is 0.915. The topological polar surface area (TPSA) is 36.4 Å². The van der Waals surface area contributed by atoms with Crippen molar-refractivity contribution in [1.82, 2.24) is 9.88 Å². The van der Waals surface area contributed by atoms with E-state index in [1.54, 1.807) is 23.5 Å². The summed E-state index contributed by atoms with van der Waals surface area (Å²) in [5.74, 6) is -0.289. The van der Waals surface area contributed by atoms with E-state index in [-0.39, 0.29) is 5.82 Å². The molecular weight excluding hydrogens is 263 g/mol. The molecule has 0 radical (unpaired) electrons. The van der Waals surface area contributed by atoms with Crippen molar-refractivity contribution in [1.29, 1.82) is 0 Å². The zero-order chi connectivity index (χ0) is 13.8. The number of aliphatic hydroxyl groups excluding tert-OH is 1. The van der Waals surface area contributed by atoms with Crippen LogP contribution in [0, 0.1) is 12.7 Å². The van der Waals surface area contributed by atoms with Crippen LogP contribution in [0.2, 0.25) is 0 Å². The SMILES string of the molecule is Cc1csc(CN(C)CC(O)c2ccc(F)cc2)n1. The minimum atomic E-state index is -0.619. The molecule has 0 fully saturated rings. The van der Waals surface area contributed by atoms with E-state index in [1.165, 1.54) is 12.1 Å². The third kappa shape index (κ3) is 4.09. The highest BCUT2D eigenvalue weighted by atomic mass is 32.1. The van der Waals surface area contributed by atoms with Crippen LogP contribution >= 0.6 is 11.3 Å². The van der Waals surface area contributed by atoms with Gasteiger partial charge in [-0.25, -0.2) is 9.37 Å². The van der Waals surface area contributed by atoms with Crippen LogP contribution in [0.1, 0.15) is 22.4 Å². The van der Waals surface area contributed by atoms with Crippen LogP contribution in [0.3, 0.4) is 0 Å². The van der Waals surface area contributed by atoms with Crippen LogP contribution in [0.25, 0.3) is 0 Å². The van der Waals surface area contributed by atoms with Gasteiger partial charge >= 0.3 is 0 Å². The molecule has 1 N–H and O–H groups in total. The summed E-state index contributed by atoms with van der Waals surface area (Å²) in [5.41, 5.74) is 1.75. The van der Waals surface area contributed by atoms with Gasteiger partial charge in [-0.2, -0.15) is 0 Å². The average molecular weight is 280 g/mol. The van der Waals surface area contributed by atoms with E-state index in [4.69, 9.17) is 0 Å². The van der Waals surface area contributed by atoms with Gasteiger partial charge in [0.05, 0.1) is 12.6 Å². The number of aromatic nitrogens is 1. The number of benzene rings is 1. The lowest BCUT2D eigenvalue weighted by molar-refractivity contribution is 0.123. The maximum Gasteiger partial charge on any atom is 0.123 e. The summed E-state index contributed by atoms with van der Waals surface area (Å²) < 4.78 is 12.8. The largest absolute Gasteiger partial charge is 0.387 e. The van der Waals surface area contributed by atoms with Crippen LogP contribution in [-0.2, 0) is 6.54 Å². The number of likely N-dealkylation sites (N-methyl/N-ethyl adjacent to an activating group) is 1. The Kier molecular flexibility index (Phi) is 4.63. The van der Waals surface area contributed by atoms with Gasteiger partial charge in [0.25, 0.3) is 0 Å². The fourth-order valence-corrected chi connectivity index (χ4v) is 2.71. The molecule has 1 aromatic heterocycles. The van der Waals surface area contributed by atoms with E-state index in [0.29, 0.717) is 13.1 Å². The number of nitrogens with zero attached hydrogens (tertiary/aromatic N) is 2. The van der Waals surface area contributed by atoms with E-state index < -0.39 is 6.10 Å². The molecule has 3 nitrogen and oxygen atoms in total. The van der Waals surface area contributed by atoms with Gasteiger partial charge in [-0.3, -0.25) is 4.90 Å². The Hall–Kier alpha value is -1.30. The Morgan fingerprint density at radius 1 is 1.37 bits per heavy atom. The van der Waals surface area contributed by atoms with Crippen molar-refractivity contribution in [3.8, 4) is 0 Å². The second-order valence-electron chi connectivity index (χ2n) is 4.65. The molecule has 19 heavy (non-hydrogen) atoms. The molecule has 2 rings (SSSR count). The Labute approximate surface area is 116 Å². The van der Waals surface area contributed by atoms with Crippen LogP contribution in [-0.4, -0.2) is 28.6 Å². The molecule has 5 heteroatoms. The van der Waals surface area contributed by atoms with Crippen molar-refractivity contribution in [3.63, 3.8) is 0 Å². The highest BCUT2D eigenvalue weighted by molar-refractivity contribution is 7.09. The Morgan fingerprint density at radius 2 is 2.05 bits per heavy atom. The summed E-state index contributed by atoms with van der Waals surface area (Å²) in [5, 5.41) is 13.1. The monoisotopic (exact) mass is 280 g/mol. The first kappa shape index (κ1) is 14.1. The minimum Gasteiger partial charge on any atom is -0.387 e. The predicted molar refractivity (Wildman–Crippen MR) is 74.5 cm³/mol. The first-order valence-electron chi connectivity index (χ1n) is 6.07. The standard InChI is InChI=1S/C14H17FN2OS/c1-10-9-19-14(16-10)8-17(2)7-13(18)11-3-5-12(15)6-4-11/h3-6,9,13,18H,7-8H2,1-2H3.